The van der Waals surface area contributed by atoms with E-state index in [2.05, 4.69) is 199 Å². The minimum absolute atomic E-state index is 0.348. The van der Waals surface area contributed by atoms with Crippen molar-refractivity contribution in [2.75, 3.05) is 4.90 Å². The van der Waals surface area contributed by atoms with Crippen LogP contribution in [0, 0.1) is 0 Å². The number of furan rings is 1. The lowest BCUT2D eigenvalue weighted by Gasteiger charge is -2.42. The van der Waals surface area contributed by atoms with E-state index in [1.807, 2.05) is 18.5 Å². The van der Waals surface area contributed by atoms with Crippen molar-refractivity contribution in [1.29, 1.82) is 0 Å². The lowest BCUT2D eigenvalue weighted by atomic mass is 9.73. The van der Waals surface area contributed by atoms with Crippen molar-refractivity contribution in [1.82, 2.24) is 14.4 Å². The van der Waals surface area contributed by atoms with Crippen molar-refractivity contribution in [3.05, 3.63) is 206 Å². The normalized spacial score (nSPS) is 13.7. The third-order valence-electron chi connectivity index (χ3n) is 12.8. The Morgan fingerprint density at radius 2 is 1.24 bits per heavy atom. The van der Waals surface area contributed by atoms with Crippen LogP contribution in [0.15, 0.2) is 199 Å². The summed E-state index contributed by atoms with van der Waals surface area (Å²) >= 11 is 0. The number of hydrogen-bond acceptors (Lipinski definition) is 4. The van der Waals surface area contributed by atoms with Crippen LogP contribution in [0.3, 0.4) is 0 Å². The Morgan fingerprint density at radius 1 is 0.525 bits per heavy atom. The fourth-order valence-corrected chi connectivity index (χ4v) is 15.0. The second-order valence-electron chi connectivity index (χ2n) is 16.2. The van der Waals surface area contributed by atoms with E-state index in [0.29, 0.717) is 0 Å². The lowest BCUT2D eigenvalue weighted by Crippen LogP contribution is -2.74. The molecule has 0 amide bonds. The summed E-state index contributed by atoms with van der Waals surface area (Å²) in [7, 11) is -3.03. The van der Waals surface area contributed by atoms with Gasteiger partial charge in [0.15, 0.2) is 8.07 Å². The highest BCUT2D eigenvalue weighted by atomic mass is 28.3. The van der Waals surface area contributed by atoms with Gasteiger partial charge in [-0.15, -0.1) is 0 Å². The molecule has 0 saturated carbocycles. The highest BCUT2D eigenvalue weighted by molar-refractivity contribution is 7.20. The van der Waals surface area contributed by atoms with Crippen LogP contribution in [0.5, 0.6) is 0 Å². The summed E-state index contributed by atoms with van der Waals surface area (Å²) < 4.78 is 8.73. The van der Waals surface area contributed by atoms with Crippen LogP contribution in [0.1, 0.15) is 25.0 Å². The molecule has 4 aromatic heterocycles. The predicted octanol–water partition coefficient (Wildman–Crippen LogP) is 10.4. The van der Waals surface area contributed by atoms with Crippen LogP contribution >= 0.6 is 0 Å². The molecule has 0 radical (unpaired) electrons. The van der Waals surface area contributed by atoms with Crippen molar-refractivity contribution in [3.63, 3.8) is 0 Å². The van der Waals surface area contributed by atoms with Crippen LogP contribution in [0.2, 0.25) is 0 Å². The van der Waals surface area contributed by atoms with Gasteiger partial charge in [-0.05, 0) is 74.2 Å². The Balaban J connectivity index is 1.16. The fraction of sp³-hybridized carbons (Fsp3) is 0.0566. The minimum atomic E-state index is -3.03. The molecule has 11 aromatic rings. The first kappa shape index (κ1) is 33.8. The molecule has 1 aliphatic heterocycles. The zero-order valence-corrected chi connectivity index (χ0v) is 33.7. The van der Waals surface area contributed by atoms with Crippen LogP contribution < -0.4 is 25.6 Å². The summed E-state index contributed by atoms with van der Waals surface area (Å²) in [5.74, 6) is 0.945. The van der Waals surface area contributed by atoms with E-state index in [9.17, 15) is 0 Å². The second-order valence-corrected chi connectivity index (χ2v) is 20.0. The quantitative estimate of drug-likeness (QED) is 0.0993. The topological polar surface area (TPSA) is 46.6 Å². The Hall–Kier alpha value is -7.28. The summed E-state index contributed by atoms with van der Waals surface area (Å²) in [6.07, 6.45) is 5.92. The predicted molar refractivity (Wildman–Crippen MR) is 246 cm³/mol. The molecule has 5 nitrogen and oxygen atoms in total. The summed E-state index contributed by atoms with van der Waals surface area (Å²) in [5, 5.41) is 11.1. The maximum absolute atomic E-state index is 6.49. The van der Waals surface area contributed by atoms with Gasteiger partial charge in [-0.3, -0.25) is 9.30 Å². The van der Waals surface area contributed by atoms with Gasteiger partial charge in [0, 0.05) is 56.8 Å². The molecule has 0 spiro atoms. The Bertz CT molecular complexity index is 3400. The molecule has 0 bridgehead atoms. The molecule has 12 rings (SSSR count). The van der Waals surface area contributed by atoms with E-state index >= 15 is 0 Å². The van der Waals surface area contributed by atoms with Crippen molar-refractivity contribution < 1.29 is 4.42 Å². The minimum Gasteiger partial charge on any atom is -0.456 e. The molecule has 0 saturated heterocycles. The number of rotatable bonds is 5. The highest BCUT2D eigenvalue weighted by Gasteiger charge is 2.44. The van der Waals surface area contributed by atoms with Crippen molar-refractivity contribution in [3.8, 4) is 0 Å². The first-order valence-corrected chi connectivity index (χ1v) is 22.2. The first-order valence-electron chi connectivity index (χ1n) is 20.2. The maximum atomic E-state index is 6.49. The molecule has 59 heavy (non-hydrogen) atoms. The van der Waals surface area contributed by atoms with Gasteiger partial charge < -0.3 is 4.42 Å². The van der Waals surface area contributed by atoms with Gasteiger partial charge in [0.1, 0.15) is 22.6 Å². The van der Waals surface area contributed by atoms with E-state index in [4.69, 9.17) is 14.4 Å². The summed E-state index contributed by atoms with van der Waals surface area (Å²) in [6.45, 7) is 4.65. The number of anilines is 3. The first-order chi connectivity index (χ1) is 29.0. The molecule has 280 valence electrons. The monoisotopic (exact) mass is 774 g/mol. The molecule has 1 aliphatic rings. The number of imidazole rings is 1. The van der Waals surface area contributed by atoms with Gasteiger partial charge in [0.25, 0.3) is 0 Å². The van der Waals surface area contributed by atoms with E-state index in [0.717, 1.165) is 55.7 Å². The molecule has 0 aliphatic carbocycles. The summed E-state index contributed by atoms with van der Waals surface area (Å²) in [4.78, 5) is 12.5. The molecule has 0 unspecified atom stereocenters. The Labute approximate surface area is 342 Å². The van der Waals surface area contributed by atoms with Crippen LogP contribution in [-0.2, 0) is 5.41 Å². The average molecular weight is 775 g/mol. The maximum Gasteiger partial charge on any atom is 0.179 e. The number of para-hydroxylation sites is 2. The van der Waals surface area contributed by atoms with Gasteiger partial charge in [-0.25, -0.2) is 9.97 Å². The second kappa shape index (κ2) is 12.6. The van der Waals surface area contributed by atoms with Gasteiger partial charge in [-0.1, -0.05) is 147 Å². The fourth-order valence-electron chi connectivity index (χ4n) is 10.3. The number of fused-ring (bicyclic) bond motifs is 12. The Kier molecular flexibility index (Phi) is 7.23. The number of aromatic nitrogens is 3. The average Bonchev–Trinajstić information content (AvgIpc) is 3.94. The van der Waals surface area contributed by atoms with Gasteiger partial charge in [0.2, 0.25) is 0 Å². The standard InChI is InChI=1S/C53H38N4OSi/c1-53(2)44-23-14-30-54-52(44)57(46-28-29-48-49(50(46)53)42-22-10-12-25-47(42)58-48)35-15-13-20-38(33-35)59(36-16-5-3-6-17-36,37-18-7-4-8-19-37)39-26-27-40-41-21-9-11-24-45(41)56-32-31-55-51(56)43(40)34-39/h3-34H,1-2H3. The van der Waals surface area contributed by atoms with Gasteiger partial charge >= 0.3 is 0 Å². The molecular formula is C53H38N4OSi. The Morgan fingerprint density at radius 3 is 2.05 bits per heavy atom. The summed E-state index contributed by atoms with van der Waals surface area (Å²) in [6, 6.07) is 64.5. The van der Waals surface area contributed by atoms with Crippen molar-refractivity contribution in [2.24, 2.45) is 0 Å². The molecule has 0 fully saturated rings. The number of benzene rings is 7. The van der Waals surface area contributed by atoms with Gasteiger partial charge in [-0.2, -0.15) is 0 Å². The SMILES string of the molecule is CC1(C)c2cccnc2N(c2cccc([Si](c3ccccc3)(c3ccccc3)c3ccc4c5ccccc5n5ccnc5c4c3)c2)c2ccc3oc4ccccc4c3c21. The third kappa shape index (κ3) is 4.72. The van der Waals surface area contributed by atoms with E-state index < -0.39 is 8.07 Å². The van der Waals surface area contributed by atoms with Crippen molar-refractivity contribution in [2.45, 2.75) is 19.3 Å². The zero-order valence-electron chi connectivity index (χ0n) is 32.7. The van der Waals surface area contributed by atoms with Crippen LogP contribution in [0.25, 0.3) is 49.3 Å². The smallest absolute Gasteiger partial charge is 0.179 e. The molecule has 7 aromatic carbocycles. The molecule has 5 heterocycles. The third-order valence-corrected chi connectivity index (χ3v) is 17.6. The number of nitrogens with zero attached hydrogens (tertiary/aromatic N) is 4. The largest absolute Gasteiger partial charge is 0.456 e. The lowest BCUT2D eigenvalue weighted by molar-refractivity contribution is 0.630. The van der Waals surface area contributed by atoms with Crippen molar-refractivity contribution >= 4 is 95.3 Å². The van der Waals surface area contributed by atoms with E-state index in [1.54, 1.807) is 0 Å². The van der Waals surface area contributed by atoms with Crippen LogP contribution in [0.4, 0.5) is 17.2 Å². The zero-order chi connectivity index (χ0) is 39.3. The van der Waals surface area contributed by atoms with E-state index in [1.165, 1.54) is 42.6 Å². The number of pyridine rings is 2. The highest BCUT2D eigenvalue weighted by Crippen LogP contribution is 2.54. The van der Waals surface area contributed by atoms with E-state index in [-0.39, 0.29) is 5.41 Å². The summed E-state index contributed by atoms with van der Waals surface area (Å²) in [5.41, 5.74) is 8.17. The molecule has 6 heteroatoms. The molecule has 0 atom stereocenters. The number of hydrogen-bond donors (Lipinski definition) is 0. The van der Waals surface area contributed by atoms with Crippen LogP contribution in [-0.4, -0.2) is 22.4 Å². The molecular weight excluding hydrogens is 737 g/mol. The van der Waals surface area contributed by atoms with Gasteiger partial charge in [0.05, 0.1) is 11.2 Å². The molecule has 0 N–H and O–H groups in total.